The van der Waals surface area contributed by atoms with Gasteiger partial charge in [0.15, 0.2) is 0 Å². The minimum absolute atomic E-state index is 0.0651. The fourth-order valence-electron chi connectivity index (χ4n) is 1.37. The van der Waals surface area contributed by atoms with Gasteiger partial charge in [-0.1, -0.05) is 12.1 Å². The first-order chi connectivity index (χ1) is 9.21. The zero-order valence-electron chi connectivity index (χ0n) is 11.1. The molecule has 1 aromatic carbocycles. The predicted octanol–water partition coefficient (Wildman–Crippen LogP) is 1.33. The highest BCUT2D eigenvalue weighted by atomic mass is 16.5. The maximum Gasteiger partial charge on any atom is 0.263 e. The van der Waals surface area contributed by atoms with E-state index in [-0.39, 0.29) is 11.5 Å². The molecule has 2 N–H and O–H groups in total. The maximum atomic E-state index is 11.7. The van der Waals surface area contributed by atoms with Crippen LogP contribution in [0.25, 0.3) is 0 Å². The Morgan fingerprint density at radius 3 is 2.63 bits per heavy atom. The van der Waals surface area contributed by atoms with Crippen molar-refractivity contribution in [2.24, 2.45) is 0 Å². The van der Waals surface area contributed by atoms with E-state index in [0.717, 1.165) is 11.3 Å². The fourth-order valence-corrected chi connectivity index (χ4v) is 1.37. The quantitative estimate of drug-likeness (QED) is 0.597. The smallest absolute Gasteiger partial charge is 0.263 e. The molecule has 0 unspecified atom stereocenters. The van der Waals surface area contributed by atoms with Crippen molar-refractivity contribution in [3.05, 3.63) is 41.6 Å². The standard InChI is InChI=1S/C14H17N3O2/c1-3-16-10-12(8-15)14(18)17-9-11-4-6-13(19-2)7-5-11/h4-7,10,16H,3,9H2,1-2H3,(H,17,18)/b12-10-. The zero-order valence-corrected chi connectivity index (χ0v) is 11.1. The van der Waals surface area contributed by atoms with Gasteiger partial charge in [0.25, 0.3) is 5.91 Å². The van der Waals surface area contributed by atoms with Crippen LogP contribution in [0.2, 0.25) is 0 Å². The molecule has 0 radical (unpaired) electrons. The van der Waals surface area contributed by atoms with Crippen LogP contribution in [0.15, 0.2) is 36.0 Å². The van der Waals surface area contributed by atoms with Crippen LogP contribution in [0.1, 0.15) is 12.5 Å². The molecule has 1 amide bonds. The molecule has 5 nitrogen and oxygen atoms in total. The van der Waals surface area contributed by atoms with Crippen molar-refractivity contribution >= 4 is 5.91 Å². The van der Waals surface area contributed by atoms with Crippen molar-refractivity contribution in [2.45, 2.75) is 13.5 Å². The Labute approximate surface area is 112 Å². The van der Waals surface area contributed by atoms with Gasteiger partial charge in [-0.15, -0.1) is 0 Å². The number of hydrogen-bond acceptors (Lipinski definition) is 4. The Morgan fingerprint density at radius 2 is 2.11 bits per heavy atom. The average Bonchev–Trinajstić information content (AvgIpc) is 2.46. The molecule has 0 bridgehead atoms. The number of benzene rings is 1. The molecule has 19 heavy (non-hydrogen) atoms. The predicted molar refractivity (Wildman–Crippen MR) is 72.2 cm³/mol. The van der Waals surface area contributed by atoms with Gasteiger partial charge in [-0.05, 0) is 24.6 Å². The third-order valence-electron chi connectivity index (χ3n) is 2.43. The molecule has 0 atom stereocenters. The van der Waals surface area contributed by atoms with Gasteiger partial charge in [0.05, 0.1) is 7.11 Å². The maximum absolute atomic E-state index is 11.7. The van der Waals surface area contributed by atoms with E-state index in [2.05, 4.69) is 10.6 Å². The lowest BCUT2D eigenvalue weighted by molar-refractivity contribution is -0.117. The normalized spacial score (nSPS) is 10.5. The molecule has 0 saturated carbocycles. The third kappa shape index (κ3) is 4.72. The molecule has 0 saturated heterocycles. The topological polar surface area (TPSA) is 74.2 Å². The van der Waals surface area contributed by atoms with Gasteiger partial charge in [0.2, 0.25) is 0 Å². The summed E-state index contributed by atoms with van der Waals surface area (Å²) in [6.45, 7) is 2.92. The summed E-state index contributed by atoms with van der Waals surface area (Å²) in [5.41, 5.74) is 1.00. The number of carbonyl (C=O) groups excluding carboxylic acids is 1. The van der Waals surface area contributed by atoms with E-state index in [0.29, 0.717) is 13.1 Å². The number of nitriles is 1. The highest BCUT2D eigenvalue weighted by Crippen LogP contribution is 2.10. The molecule has 0 aliphatic heterocycles. The Kier molecular flexibility index (Phi) is 5.96. The largest absolute Gasteiger partial charge is 0.497 e. The van der Waals surface area contributed by atoms with Crippen molar-refractivity contribution in [1.82, 2.24) is 10.6 Å². The first kappa shape index (κ1) is 14.6. The molecule has 100 valence electrons. The average molecular weight is 259 g/mol. The summed E-state index contributed by atoms with van der Waals surface area (Å²) in [6, 6.07) is 9.22. The van der Waals surface area contributed by atoms with E-state index in [4.69, 9.17) is 10.00 Å². The van der Waals surface area contributed by atoms with E-state index in [1.54, 1.807) is 7.11 Å². The summed E-state index contributed by atoms with van der Waals surface area (Å²) in [5.74, 6) is 0.374. The van der Waals surface area contributed by atoms with E-state index in [9.17, 15) is 4.79 Å². The number of hydrogen-bond donors (Lipinski definition) is 2. The van der Waals surface area contributed by atoms with E-state index in [1.807, 2.05) is 37.3 Å². The van der Waals surface area contributed by atoms with E-state index in [1.165, 1.54) is 6.20 Å². The van der Waals surface area contributed by atoms with Gasteiger partial charge < -0.3 is 15.4 Å². The Balaban J connectivity index is 2.55. The lowest BCUT2D eigenvalue weighted by Gasteiger charge is -2.06. The Hall–Kier alpha value is -2.48. The molecule has 0 aliphatic carbocycles. The van der Waals surface area contributed by atoms with Gasteiger partial charge in [-0.25, -0.2) is 0 Å². The van der Waals surface area contributed by atoms with Crippen molar-refractivity contribution < 1.29 is 9.53 Å². The van der Waals surface area contributed by atoms with Crippen LogP contribution in [0.5, 0.6) is 5.75 Å². The van der Waals surface area contributed by atoms with Crippen LogP contribution in [-0.4, -0.2) is 19.6 Å². The lowest BCUT2D eigenvalue weighted by Crippen LogP contribution is -2.25. The number of nitrogens with zero attached hydrogens (tertiary/aromatic N) is 1. The molecule has 0 spiro atoms. The van der Waals surface area contributed by atoms with Gasteiger partial charge in [0.1, 0.15) is 17.4 Å². The first-order valence-corrected chi connectivity index (χ1v) is 5.96. The van der Waals surface area contributed by atoms with Gasteiger partial charge >= 0.3 is 0 Å². The minimum Gasteiger partial charge on any atom is -0.497 e. The number of ether oxygens (including phenoxy) is 1. The highest BCUT2D eigenvalue weighted by Gasteiger charge is 2.07. The summed E-state index contributed by atoms with van der Waals surface area (Å²) in [4.78, 5) is 11.7. The van der Waals surface area contributed by atoms with Crippen molar-refractivity contribution in [3.8, 4) is 11.8 Å². The number of methoxy groups -OCH3 is 1. The monoisotopic (exact) mass is 259 g/mol. The van der Waals surface area contributed by atoms with Crippen LogP contribution in [0.4, 0.5) is 0 Å². The molecular weight excluding hydrogens is 242 g/mol. The second-order valence-corrected chi connectivity index (χ2v) is 3.76. The zero-order chi connectivity index (χ0) is 14.1. The molecule has 1 aromatic rings. The lowest BCUT2D eigenvalue weighted by atomic mass is 10.2. The summed E-state index contributed by atoms with van der Waals surface area (Å²) < 4.78 is 5.05. The van der Waals surface area contributed by atoms with Crippen LogP contribution >= 0.6 is 0 Å². The first-order valence-electron chi connectivity index (χ1n) is 5.96. The molecule has 0 aliphatic rings. The van der Waals surface area contributed by atoms with Crippen LogP contribution in [0.3, 0.4) is 0 Å². The Bertz CT molecular complexity index is 486. The molecule has 0 fully saturated rings. The summed E-state index contributed by atoms with van der Waals surface area (Å²) in [5, 5.41) is 14.4. The minimum atomic E-state index is -0.390. The molecule has 1 rings (SSSR count). The van der Waals surface area contributed by atoms with E-state index < -0.39 is 0 Å². The highest BCUT2D eigenvalue weighted by molar-refractivity contribution is 5.97. The van der Waals surface area contributed by atoms with Crippen LogP contribution in [0, 0.1) is 11.3 Å². The number of nitrogens with one attached hydrogen (secondary N) is 2. The second-order valence-electron chi connectivity index (χ2n) is 3.76. The fraction of sp³-hybridized carbons (Fsp3) is 0.286. The van der Waals surface area contributed by atoms with Gasteiger partial charge in [0, 0.05) is 19.3 Å². The summed E-state index contributed by atoms with van der Waals surface area (Å²) in [7, 11) is 1.60. The van der Waals surface area contributed by atoms with Gasteiger partial charge in [-0.3, -0.25) is 4.79 Å². The second kappa shape index (κ2) is 7.77. The molecule has 5 heteroatoms. The van der Waals surface area contributed by atoms with E-state index >= 15 is 0 Å². The summed E-state index contributed by atoms with van der Waals surface area (Å²) in [6.07, 6.45) is 1.42. The molecular formula is C14H17N3O2. The SMILES string of the molecule is CCN/C=C(/C#N)C(=O)NCc1ccc(OC)cc1. The number of amides is 1. The van der Waals surface area contributed by atoms with Crippen molar-refractivity contribution in [1.29, 1.82) is 5.26 Å². The molecule has 0 heterocycles. The Morgan fingerprint density at radius 1 is 1.42 bits per heavy atom. The number of rotatable bonds is 6. The summed E-state index contributed by atoms with van der Waals surface area (Å²) >= 11 is 0. The molecule has 0 aromatic heterocycles. The van der Waals surface area contributed by atoms with Crippen LogP contribution in [-0.2, 0) is 11.3 Å². The van der Waals surface area contributed by atoms with Crippen molar-refractivity contribution in [3.63, 3.8) is 0 Å². The third-order valence-corrected chi connectivity index (χ3v) is 2.43. The van der Waals surface area contributed by atoms with Gasteiger partial charge in [-0.2, -0.15) is 5.26 Å². The van der Waals surface area contributed by atoms with Crippen molar-refractivity contribution in [2.75, 3.05) is 13.7 Å². The number of carbonyl (C=O) groups is 1. The van der Waals surface area contributed by atoms with Crippen LogP contribution < -0.4 is 15.4 Å².